The summed E-state index contributed by atoms with van der Waals surface area (Å²) >= 11 is 0. The van der Waals surface area contributed by atoms with Crippen molar-refractivity contribution >= 4 is 11.7 Å². The van der Waals surface area contributed by atoms with Gasteiger partial charge in [0.1, 0.15) is 18.8 Å². The minimum Gasteiger partial charge on any atom is -0.488 e. The number of carbonyl (C=O) groups is 1. The zero-order valence-corrected chi connectivity index (χ0v) is 15.7. The molecule has 3 heterocycles. The van der Waals surface area contributed by atoms with Crippen molar-refractivity contribution in [2.24, 2.45) is 7.05 Å². The van der Waals surface area contributed by atoms with Crippen molar-refractivity contribution in [3.8, 4) is 5.75 Å². The summed E-state index contributed by atoms with van der Waals surface area (Å²) in [5, 5.41) is 8.23. The van der Waals surface area contributed by atoms with E-state index in [1.165, 1.54) is 5.56 Å². The molecule has 0 N–H and O–H groups in total. The van der Waals surface area contributed by atoms with Crippen LogP contribution in [0.3, 0.4) is 0 Å². The van der Waals surface area contributed by atoms with Crippen LogP contribution in [-0.4, -0.2) is 38.8 Å². The first kappa shape index (κ1) is 16.9. The fraction of sp³-hybridized carbons (Fsp3) is 0.333. The van der Waals surface area contributed by atoms with Crippen molar-refractivity contribution in [3.63, 3.8) is 0 Å². The molecule has 142 valence electrons. The van der Waals surface area contributed by atoms with Crippen LogP contribution in [0.2, 0.25) is 0 Å². The number of ether oxygens (including phenoxy) is 1. The van der Waals surface area contributed by atoms with E-state index in [9.17, 15) is 4.79 Å². The molecule has 0 radical (unpaired) electrons. The second-order valence-electron chi connectivity index (χ2n) is 7.39. The number of amides is 1. The Kier molecular flexibility index (Phi) is 4.07. The van der Waals surface area contributed by atoms with Gasteiger partial charge in [-0.15, -0.1) is 10.2 Å². The predicted octanol–water partition coefficient (Wildman–Crippen LogP) is 2.45. The Labute approximate surface area is 163 Å². The zero-order chi connectivity index (χ0) is 19.1. The molecule has 0 saturated heterocycles. The van der Waals surface area contributed by atoms with E-state index in [1.54, 1.807) is 17.4 Å². The third-order valence-electron chi connectivity index (χ3n) is 5.48. The molecule has 1 aliphatic carbocycles. The maximum absolute atomic E-state index is 12.9. The van der Waals surface area contributed by atoms with Crippen molar-refractivity contribution < 1.29 is 9.53 Å². The number of aromatic nitrogens is 4. The molecular weight excluding hydrogens is 354 g/mol. The number of hydrogen-bond acceptors (Lipinski definition) is 5. The lowest BCUT2D eigenvalue weighted by Crippen LogP contribution is -2.39. The van der Waals surface area contributed by atoms with Crippen LogP contribution in [0.1, 0.15) is 35.2 Å². The van der Waals surface area contributed by atoms with Gasteiger partial charge in [-0.3, -0.25) is 9.69 Å². The molecular formula is C21H21N5O2. The number of nitrogens with zero attached hydrogens (tertiary/aromatic N) is 5. The minimum absolute atomic E-state index is 0.0426. The third kappa shape index (κ3) is 3.02. The van der Waals surface area contributed by atoms with E-state index in [0.717, 1.165) is 17.8 Å². The summed E-state index contributed by atoms with van der Waals surface area (Å²) in [7, 11) is 1.98. The second kappa shape index (κ2) is 6.74. The Balaban J connectivity index is 1.32. The van der Waals surface area contributed by atoms with Gasteiger partial charge < -0.3 is 9.30 Å². The highest BCUT2D eigenvalue weighted by atomic mass is 16.5. The van der Waals surface area contributed by atoms with Crippen LogP contribution in [-0.2, 0) is 18.3 Å². The standard InChI is InChI=1S/C21H21N5O2/c1-25-13-23-24-20(25)17-12-16(17)15-5-2-4-14(10-15)11-19(27)26-8-9-28-18-6-3-7-22-21(18)26/h2-7,10,13,16-17H,8-9,11-12H2,1H3/t16-,17-/m0/s1. The molecule has 2 aliphatic rings. The van der Waals surface area contributed by atoms with Crippen LogP contribution in [0.25, 0.3) is 0 Å². The third-order valence-corrected chi connectivity index (χ3v) is 5.48. The summed E-state index contributed by atoms with van der Waals surface area (Å²) in [6.07, 6.45) is 4.86. The SMILES string of the molecule is Cn1cnnc1[C@H]1C[C@H]1c1cccc(CC(=O)N2CCOc3cccnc32)c1. The molecule has 0 unspecified atom stereocenters. The fourth-order valence-corrected chi connectivity index (χ4v) is 3.97. The summed E-state index contributed by atoms with van der Waals surface area (Å²) in [4.78, 5) is 19.0. The first-order chi connectivity index (χ1) is 13.7. The monoisotopic (exact) mass is 375 g/mol. The molecule has 2 atom stereocenters. The first-order valence-corrected chi connectivity index (χ1v) is 9.51. The summed E-state index contributed by atoms with van der Waals surface area (Å²) in [5.41, 5.74) is 2.29. The van der Waals surface area contributed by atoms with Gasteiger partial charge >= 0.3 is 0 Å². The molecule has 2 aromatic heterocycles. The Morgan fingerprint density at radius 1 is 1.25 bits per heavy atom. The Bertz CT molecular complexity index is 1030. The lowest BCUT2D eigenvalue weighted by atomic mass is 10.0. The molecule has 1 saturated carbocycles. The molecule has 1 amide bonds. The highest BCUT2D eigenvalue weighted by Gasteiger charge is 2.42. The summed E-state index contributed by atoms with van der Waals surface area (Å²) in [6, 6.07) is 12.0. The molecule has 3 aromatic rings. The summed E-state index contributed by atoms with van der Waals surface area (Å²) < 4.78 is 7.59. The lowest BCUT2D eigenvalue weighted by Gasteiger charge is -2.28. The van der Waals surface area contributed by atoms with Crippen LogP contribution in [0.4, 0.5) is 5.82 Å². The minimum atomic E-state index is 0.0426. The van der Waals surface area contributed by atoms with E-state index in [4.69, 9.17) is 4.74 Å². The highest BCUT2D eigenvalue weighted by Crippen LogP contribution is 2.53. The number of hydrogen-bond donors (Lipinski definition) is 0. The predicted molar refractivity (Wildman–Crippen MR) is 103 cm³/mol. The molecule has 1 aliphatic heterocycles. The van der Waals surface area contributed by atoms with Crippen molar-refractivity contribution in [1.29, 1.82) is 0 Å². The average molecular weight is 375 g/mol. The van der Waals surface area contributed by atoms with Gasteiger partial charge in [-0.1, -0.05) is 24.3 Å². The van der Waals surface area contributed by atoms with E-state index in [-0.39, 0.29) is 5.91 Å². The largest absolute Gasteiger partial charge is 0.488 e. The van der Waals surface area contributed by atoms with Crippen LogP contribution in [0.5, 0.6) is 5.75 Å². The molecule has 0 bridgehead atoms. The van der Waals surface area contributed by atoms with Gasteiger partial charge in [-0.25, -0.2) is 4.98 Å². The van der Waals surface area contributed by atoms with E-state index in [0.29, 0.717) is 43.0 Å². The Morgan fingerprint density at radius 3 is 3.04 bits per heavy atom. The van der Waals surface area contributed by atoms with Gasteiger partial charge in [-0.2, -0.15) is 0 Å². The number of carbonyl (C=O) groups excluding carboxylic acids is 1. The average Bonchev–Trinajstić information content (AvgIpc) is 3.40. The Morgan fingerprint density at radius 2 is 2.18 bits per heavy atom. The molecule has 5 rings (SSSR count). The van der Waals surface area contributed by atoms with Crippen LogP contribution < -0.4 is 9.64 Å². The first-order valence-electron chi connectivity index (χ1n) is 9.51. The molecule has 1 fully saturated rings. The second-order valence-corrected chi connectivity index (χ2v) is 7.39. The topological polar surface area (TPSA) is 73.1 Å². The zero-order valence-electron chi connectivity index (χ0n) is 15.7. The normalized spacial score (nSPS) is 20.4. The number of aryl methyl sites for hydroxylation is 1. The molecule has 28 heavy (non-hydrogen) atoms. The van der Waals surface area contributed by atoms with Gasteiger partial charge in [0.15, 0.2) is 11.6 Å². The number of fused-ring (bicyclic) bond motifs is 1. The van der Waals surface area contributed by atoms with Gasteiger partial charge in [0.2, 0.25) is 5.91 Å². The van der Waals surface area contributed by atoms with E-state index < -0.39 is 0 Å². The highest BCUT2D eigenvalue weighted by molar-refractivity contribution is 5.95. The van der Waals surface area contributed by atoms with Crippen molar-refractivity contribution in [3.05, 3.63) is 65.9 Å². The fourth-order valence-electron chi connectivity index (χ4n) is 3.97. The number of benzene rings is 1. The van der Waals surface area contributed by atoms with Gasteiger partial charge in [0, 0.05) is 19.2 Å². The van der Waals surface area contributed by atoms with E-state index >= 15 is 0 Å². The van der Waals surface area contributed by atoms with Crippen LogP contribution in [0, 0.1) is 0 Å². The molecule has 7 nitrogen and oxygen atoms in total. The maximum atomic E-state index is 12.9. The summed E-state index contributed by atoms with van der Waals surface area (Å²) in [6.45, 7) is 1.02. The van der Waals surface area contributed by atoms with Crippen LogP contribution >= 0.6 is 0 Å². The number of rotatable bonds is 4. The van der Waals surface area contributed by atoms with Crippen molar-refractivity contribution in [1.82, 2.24) is 19.7 Å². The van der Waals surface area contributed by atoms with Crippen molar-refractivity contribution in [2.75, 3.05) is 18.1 Å². The molecule has 0 spiro atoms. The maximum Gasteiger partial charge on any atom is 0.232 e. The van der Waals surface area contributed by atoms with Gasteiger partial charge in [-0.05, 0) is 35.6 Å². The quantitative estimate of drug-likeness (QED) is 0.700. The number of anilines is 1. The van der Waals surface area contributed by atoms with Gasteiger partial charge in [0.25, 0.3) is 0 Å². The number of pyridine rings is 1. The molecule has 1 aromatic carbocycles. The summed E-state index contributed by atoms with van der Waals surface area (Å²) in [5.74, 6) is 3.21. The van der Waals surface area contributed by atoms with E-state index in [2.05, 4.69) is 27.3 Å². The smallest absolute Gasteiger partial charge is 0.232 e. The van der Waals surface area contributed by atoms with E-state index in [1.807, 2.05) is 35.9 Å². The van der Waals surface area contributed by atoms with Crippen LogP contribution in [0.15, 0.2) is 48.9 Å². The molecule has 7 heteroatoms. The van der Waals surface area contributed by atoms with Crippen molar-refractivity contribution in [2.45, 2.75) is 24.7 Å². The Hall–Kier alpha value is -3.22. The lowest BCUT2D eigenvalue weighted by molar-refractivity contribution is -0.118. The van der Waals surface area contributed by atoms with Gasteiger partial charge in [0.05, 0.1) is 13.0 Å².